The van der Waals surface area contributed by atoms with Crippen LogP contribution in [-0.2, 0) is 6.18 Å². The van der Waals surface area contributed by atoms with E-state index in [9.17, 15) is 17.6 Å². The molecular formula is C16H15ClF4N2S. The highest BCUT2D eigenvalue weighted by Gasteiger charge is 2.34. The van der Waals surface area contributed by atoms with Gasteiger partial charge in [0.2, 0.25) is 0 Å². The van der Waals surface area contributed by atoms with Gasteiger partial charge in [0.15, 0.2) is 0 Å². The SMILES string of the molecule is Fc1ccc(C(F)(F)F)cc1[C@H](c1ccc(Cl)s1)N1CCNCC1. The first-order valence-electron chi connectivity index (χ1n) is 7.43. The molecule has 1 aliphatic rings. The van der Waals surface area contributed by atoms with Gasteiger partial charge in [0, 0.05) is 36.6 Å². The highest BCUT2D eigenvalue weighted by molar-refractivity contribution is 7.16. The predicted octanol–water partition coefficient (Wildman–Crippen LogP) is 4.55. The van der Waals surface area contributed by atoms with Gasteiger partial charge in [0.1, 0.15) is 5.82 Å². The van der Waals surface area contributed by atoms with Crippen molar-refractivity contribution < 1.29 is 17.6 Å². The first-order valence-corrected chi connectivity index (χ1v) is 8.62. The molecule has 0 bridgehead atoms. The standard InChI is InChI=1S/C16H15ClF4N2S/c17-14-4-3-13(24-14)15(23-7-5-22-6-8-23)11-9-10(16(19,20)21)1-2-12(11)18/h1-4,9,15,22H,5-8H2/t15-/m1/s1. The molecule has 2 heterocycles. The minimum Gasteiger partial charge on any atom is -0.314 e. The molecule has 24 heavy (non-hydrogen) atoms. The van der Waals surface area contributed by atoms with Crippen molar-refractivity contribution in [1.29, 1.82) is 0 Å². The van der Waals surface area contributed by atoms with Crippen LogP contribution in [0.3, 0.4) is 0 Å². The summed E-state index contributed by atoms with van der Waals surface area (Å²) in [5.74, 6) is -0.643. The Bertz CT molecular complexity index is 710. The van der Waals surface area contributed by atoms with Crippen LogP contribution in [0.5, 0.6) is 0 Å². The number of halogens is 5. The second-order valence-electron chi connectivity index (χ2n) is 5.56. The van der Waals surface area contributed by atoms with E-state index in [-0.39, 0.29) is 5.56 Å². The molecular weight excluding hydrogens is 364 g/mol. The third-order valence-electron chi connectivity index (χ3n) is 4.00. The van der Waals surface area contributed by atoms with Gasteiger partial charge < -0.3 is 5.32 Å². The number of thiophene rings is 1. The van der Waals surface area contributed by atoms with Crippen LogP contribution in [0.1, 0.15) is 22.0 Å². The van der Waals surface area contributed by atoms with Crippen LogP contribution in [0.4, 0.5) is 17.6 Å². The molecule has 3 rings (SSSR count). The van der Waals surface area contributed by atoms with Crippen molar-refractivity contribution in [3.05, 3.63) is 56.5 Å². The molecule has 1 aliphatic heterocycles. The van der Waals surface area contributed by atoms with E-state index in [0.717, 1.165) is 23.1 Å². The molecule has 0 spiro atoms. The van der Waals surface area contributed by atoms with Crippen molar-refractivity contribution >= 4 is 22.9 Å². The van der Waals surface area contributed by atoms with E-state index in [0.29, 0.717) is 30.5 Å². The Kier molecular flexibility index (Phi) is 5.15. The minimum atomic E-state index is -4.51. The van der Waals surface area contributed by atoms with Gasteiger partial charge in [-0.1, -0.05) is 11.6 Å². The van der Waals surface area contributed by atoms with Gasteiger partial charge in [0.25, 0.3) is 0 Å². The molecule has 1 aromatic heterocycles. The molecule has 0 saturated carbocycles. The zero-order chi connectivity index (χ0) is 17.3. The van der Waals surface area contributed by atoms with E-state index in [2.05, 4.69) is 5.32 Å². The Morgan fingerprint density at radius 2 is 1.83 bits per heavy atom. The third-order valence-corrected chi connectivity index (χ3v) is 5.28. The summed E-state index contributed by atoms with van der Waals surface area (Å²) in [7, 11) is 0. The predicted molar refractivity (Wildman–Crippen MR) is 87.0 cm³/mol. The summed E-state index contributed by atoms with van der Waals surface area (Å²) in [6.07, 6.45) is -4.51. The van der Waals surface area contributed by atoms with Crippen LogP contribution in [-0.4, -0.2) is 31.1 Å². The van der Waals surface area contributed by atoms with Crippen molar-refractivity contribution in [1.82, 2.24) is 10.2 Å². The summed E-state index contributed by atoms with van der Waals surface area (Å²) in [4.78, 5) is 2.72. The summed E-state index contributed by atoms with van der Waals surface area (Å²) < 4.78 is 54.1. The maximum atomic E-state index is 14.4. The number of benzene rings is 1. The number of nitrogens with one attached hydrogen (secondary N) is 1. The second kappa shape index (κ2) is 7.00. The van der Waals surface area contributed by atoms with E-state index in [1.807, 2.05) is 4.90 Å². The maximum absolute atomic E-state index is 14.4. The first-order chi connectivity index (χ1) is 11.4. The zero-order valence-corrected chi connectivity index (χ0v) is 14.1. The molecule has 1 fully saturated rings. The van der Waals surface area contributed by atoms with Crippen molar-refractivity contribution in [3.8, 4) is 0 Å². The molecule has 130 valence electrons. The lowest BCUT2D eigenvalue weighted by atomic mass is 9.99. The van der Waals surface area contributed by atoms with Crippen LogP contribution in [0, 0.1) is 5.82 Å². The minimum absolute atomic E-state index is 0.0326. The smallest absolute Gasteiger partial charge is 0.314 e. The number of nitrogens with zero attached hydrogens (tertiary/aromatic N) is 1. The Balaban J connectivity index is 2.08. The van der Waals surface area contributed by atoms with Gasteiger partial charge in [-0.25, -0.2) is 4.39 Å². The molecule has 0 aliphatic carbocycles. The third kappa shape index (κ3) is 3.74. The Labute approximate surface area is 146 Å². The summed E-state index contributed by atoms with van der Waals surface area (Å²) in [6, 6.07) is 5.43. The summed E-state index contributed by atoms with van der Waals surface area (Å²) in [5, 5.41) is 3.19. The highest BCUT2D eigenvalue weighted by atomic mass is 35.5. The molecule has 1 atom stereocenters. The average molecular weight is 379 g/mol. The largest absolute Gasteiger partial charge is 0.416 e. The molecule has 2 aromatic rings. The van der Waals surface area contributed by atoms with Crippen LogP contribution in [0.15, 0.2) is 30.3 Å². The van der Waals surface area contributed by atoms with Gasteiger partial charge in [-0.2, -0.15) is 13.2 Å². The molecule has 8 heteroatoms. The van der Waals surface area contributed by atoms with Crippen LogP contribution < -0.4 is 5.32 Å². The molecule has 1 aromatic carbocycles. The average Bonchev–Trinajstić information content (AvgIpc) is 2.95. The number of piperazine rings is 1. The quantitative estimate of drug-likeness (QED) is 0.788. The highest BCUT2D eigenvalue weighted by Crippen LogP contribution is 2.39. The van der Waals surface area contributed by atoms with Gasteiger partial charge in [0.05, 0.1) is 15.9 Å². The Morgan fingerprint density at radius 1 is 1.12 bits per heavy atom. The lowest BCUT2D eigenvalue weighted by Crippen LogP contribution is -2.45. The van der Waals surface area contributed by atoms with Crippen molar-refractivity contribution in [2.75, 3.05) is 26.2 Å². The van der Waals surface area contributed by atoms with Crippen molar-refractivity contribution in [2.24, 2.45) is 0 Å². The Hall–Kier alpha value is -1.15. The lowest BCUT2D eigenvalue weighted by molar-refractivity contribution is -0.137. The molecule has 0 unspecified atom stereocenters. The number of hydrogen-bond donors (Lipinski definition) is 1. The van der Waals surface area contributed by atoms with E-state index >= 15 is 0 Å². The zero-order valence-electron chi connectivity index (χ0n) is 12.5. The van der Waals surface area contributed by atoms with Gasteiger partial charge in [-0.3, -0.25) is 4.90 Å². The van der Waals surface area contributed by atoms with E-state index in [4.69, 9.17) is 11.6 Å². The first kappa shape index (κ1) is 17.7. The van der Waals surface area contributed by atoms with Gasteiger partial charge in [-0.05, 0) is 30.3 Å². The van der Waals surface area contributed by atoms with E-state index in [1.165, 1.54) is 11.3 Å². The molecule has 0 amide bonds. The van der Waals surface area contributed by atoms with Crippen molar-refractivity contribution in [3.63, 3.8) is 0 Å². The fourth-order valence-electron chi connectivity index (χ4n) is 2.88. The normalized spacial score (nSPS) is 17.9. The monoisotopic (exact) mass is 378 g/mol. The van der Waals surface area contributed by atoms with Gasteiger partial charge in [-0.15, -0.1) is 11.3 Å². The van der Waals surface area contributed by atoms with Crippen molar-refractivity contribution in [2.45, 2.75) is 12.2 Å². The van der Waals surface area contributed by atoms with Gasteiger partial charge >= 0.3 is 6.18 Å². The summed E-state index contributed by atoms with van der Waals surface area (Å²) in [6.45, 7) is 2.65. The number of hydrogen-bond acceptors (Lipinski definition) is 3. The molecule has 2 nitrogen and oxygen atoms in total. The number of alkyl halides is 3. The van der Waals surface area contributed by atoms with E-state index < -0.39 is 23.6 Å². The fourth-order valence-corrected chi connectivity index (χ4v) is 4.09. The Morgan fingerprint density at radius 3 is 2.42 bits per heavy atom. The molecule has 1 N–H and O–H groups in total. The summed E-state index contributed by atoms with van der Waals surface area (Å²) in [5.41, 5.74) is -0.813. The maximum Gasteiger partial charge on any atom is 0.416 e. The molecule has 0 radical (unpaired) electrons. The topological polar surface area (TPSA) is 15.3 Å². The number of rotatable bonds is 3. The van der Waals surface area contributed by atoms with Crippen LogP contribution >= 0.6 is 22.9 Å². The van der Waals surface area contributed by atoms with Crippen LogP contribution in [0.25, 0.3) is 0 Å². The second-order valence-corrected chi connectivity index (χ2v) is 7.31. The fraction of sp³-hybridized carbons (Fsp3) is 0.375. The summed E-state index contributed by atoms with van der Waals surface area (Å²) >= 11 is 7.25. The molecule has 1 saturated heterocycles. The van der Waals surface area contributed by atoms with E-state index in [1.54, 1.807) is 12.1 Å². The lowest BCUT2D eigenvalue weighted by Gasteiger charge is -2.35. The van der Waals surface area contributed by atoms with Crippen LogP contribution in [0.2, 0.25) is 4.34 Å².